The minimum absolute atomic E-state index is 0.00819. The van der Waals surface area contributed by atoms with Gasteiger partial charge in [-0.15, -0.1) is 0 Å². The highest BCUT2D eigenvalue weighted by Gasteiger charge is 2.22. The van der Waals surface area contributed by atoms with Gasteiger partial charge in [0.25, 0.3) is 5.56 Å². The Morgan fingerprint density at radius 2 is 1.96 bits per heavy atom. The Balaban J connectivity index is 1.62. The van der Waals surface area contributed by atoms with E-state index in [1.54, 1.807) is 23.1 Å². The highest BCUT2D eigenvalue weighted by atomic mass is 16.3. The van der Waals surface area contributed by atoms with E-state index >= 15 is 0 Å². The molecule has 0 unspecified atom stereocenters. The molecule has 0 saturated carbocycles. The van der Waals surface area contributed by atoms with Gasteiger partial charge in [0.05, 0.1) is 23.3 Å². The summed E-state index contributed by atoms with van der Waals surface area (Å²) in [7, 11) is 0. The zero-order valence-electron chi connectivity index (χ0n) is 14.5. The van der Waals surface area contributed by atoms with Crippen LogP contribution < -0.4 is 5.56 Å². The van der Waals surface area contributed by atoms with Gasteiger partial charge >= 0.3 is 0 Å². The minimum atomic E-state index is -0.315. The van der Waals surface area contributed by atoms with E-state index in [1.807, 2.05) is 13.0 Å². The molecule has 25 heavy (non-hydrogen) atoms. The van der Waals surface area contributed by atoms with Crippen molar-refractivity contribution in [1.82, 2.24) is 19.4 Å². The smallest absolute Gasteiger partial charge is 0.261 e. The van der Waals surface area contributed by atoms with Gasteiger partial charge in [-0.3, -0.25) is 19.1 Å². The molecule has 1 atom stereocenters. The highest BCUT2D eigenvalue weighted by Crippen LogP contribution is 2.07. The Bertz CT molecular complexity index is 796. The van der Waals surface area contributed by atoms with E-state index in [0.717, 1.165) is 19.5 Å². The number of para-hydroxylation sites is 1. The number of aromatic nitrogens is 2. The van der Waals surface area contributed by atoms with Gasteiger partial charge < -0.3 is 10.0 Å². The number of carbonyl (C=O) groups is 1. The Kier molecular flexibility index (Phi) is 5.45. The number of rotatable bonds is 5. The van der Waals surface area contributed by atoms with E-state index in [2.05, 4.69) is 9.88 Å². The normalized spacial score (nSPS) is 17.0. The summed E-state index contributed by atoms with van der Waals surface area (Å²) in [5, 5.41) is 10.3. The molecular formula is C18H24N4O3. The van der Waals surface area contributed by atoms with Crippen molar-refractivity contribution in [1.29, 1.82) is 0 Å². The van der Waals surface area contributed by atoms with Crippen molar-refractivity contribution in [3.8, 4) is 0 Å². The summed E-state index contributed by atoms with van der Waals surface area (Å²) in [6.45, 7) is 5.33. The van der Waals surface area contributed by atoms with Crippen LogP contribution in [0.15, 0.2) is 35.4 Å². The van der Waals surface area contributed by atoms with Gasteiger partial charge in [-0.25, -0.2) is 4.98 Å². The zero-order chi connectivity index (χ0) is 17.8. The number of hydrogen-bond acceptors (Lipinski definition) is 5. The first-order valence-electron chi connectivity index (χ1n) is 8.71. The second-order valence-electron chi connectivity index (χ2n) is 6.44. The molecule has 1 saturated heterocycles. The van der Waals surface area contributed by atoms with Crippen molar-refractivity contribution in [2.24, 2.45) is 0 Å². The molecule has 0 radical (unpaired) electrons. The molecule has 1 aliphatic heterocycles. The molecule has 1 aromatic heterocycles. The fraction of sp³-hybridized carbons (Fsp3) is 0.500. The second kappa shape index (κ2) is 7.76. The van der Waals surface area contributed by atoms with E-state index < -0.39 is 0 Å². The van der Waals surface area contributed by atoms with E-state index in [-0.39, 0.29) is 24.1 Å². The van der Waals surface area contributed by atoms with Crippen LogP contribution in [0.2, 0.25) is 0 Å². The molecule has 7 heteroatoms. The first-order valence-corrected chi connectivity index (χ1v) is 8.71. The fourth-order valence-electron chi connectivity index (χ4n) is 3.07. The maximum absolute atomic E-state index is 12.5. The van der Waals surface area contributed by atoms with Crippen molar-refractivity contribution in [3.63, 3.8) is 0 Å². The van der Waals surface area contributed by atoms with E-state index in [1.165, 1.54) is 10.9 Å². The van der Waals surface area contributed by atoms with E-state index in [0.29, 0.717) is 30.5 Å². The molecule has 0 bridgehead atoms. The first-order chi connectivity index (χ1) is 12.1. The van der Waals surface area contributed by atoms with Crippen LogP contribution in [0.5, 0.6) is 0 Å². The monoisotopic (exact) mass is 344 g/mol. The van der Waals surface area contributed by atoms with Gasteiger partial charge in [0.2, 0.25) is 5.91 Å². The van der Waals surface area contributed by atoms with Crippen LogP contribution in [-0.4, -0.2) is 69.2 Å². The molecular weight excluding hydrogens is 320 g/mol. The summed E-state index contributed by atoms with van der Waals surface area (Å²) in [6.07, 6.45) is 1.86. The quantitative estimate of drug-likeness (QED) is 0.845. The first kappa shape index (κ1) is 17.6. The van der Waals surface area contributed by atoms with Crippen molar-refractivity contribution in [2.45, 2.75) is 26.0 Å². The molecule has 2 heterocycles. The van der Waals surface area contributed by atoms with E-state index in [9.17, 15) is 14.7 Å². The second-order valence-corrected chi connectivity index (χ2v) is 6.44. The molecule has 7 nitrogen and oxygen atoms in total. The fourth-order valence-corrected chi connectivity index (χ4v) is 3.07. The molecule has 0 spiro atoms. The Labute approximate surface area is 146 Å². The van der Waals surface area contributed by atoms with Crippen LogP contribution in [0.25, 0.3) is 10.9 Å². The Morgan fingerprint density at radius 1 is 1.24 bits per heavy atom. The van der Waals surface area contributed by atoms with Crippen LogP contribution in [0, 0.1) is 0 Å². The topological polar surface area (TPSA) is 78.7 Å². The number of aliphatic hydroxyl groups is 1. The Morgan fingerprint density at radius 3 is 2.68 bits per heavy atom. The third-order valence-corrected chi connectivity index (χ3v) is 4.70. The molecule has 3 rings (SSSR count). The van der Waals surface area contributed by atoms with Gasteiger partial charge in [0.15, 0.2) is 0 Å². The lowest BCUT2D eigenvalue weighted by molar-refractivity contribution is -0.133. The number of fused-ring (bicyclic) bond motifs is 1. The van der Waals surface area contributed by atoms with E-state index in [4.69, 9.17) is 0 Å². The number of benzene rings is 1. The zero-order valence-corrected chi connectivity index (χ0v) is 14.5. The number of amides is 1. The van der Waals surface area contributed by atoms with Crippen LogP contribution in [-0.2, 0) is 11.3 Å². The molecule has 1 N–H and O–H groups in total. The summed E-state index contributed by atoms with van der Waals surface area (Å²) < 4.78 is 1.37. The molecule has 1 aliphatic rings. The maximum Gasteiger partial charge on any atom is 0.261 e. The van der Waals surface area contributed by atoms with Gasteiger partial charge in [-0.2, -0.15) is 0 Å². The number of nitrogens with zero attached hydrogens (tertiary/aromatic N) is 4. The predicted molar refractivity (Wildman–Crippen MR) is 95.3 cm³/mol. The van der Waals surface area contributed by atoms with Gasteiger partial charge in [-0.05, 0) is 18.6 Å². The number of hydrogen-bond donors (Lipinski definition) is 1. The number of aliphatic hydroxyl groups excluding tert-OH is 1. The summed E-state index contributed by atoms with van der Waals surface area (Å²) in [5.74, 6) is -0.0742. The lowest BCUT2D eigenvalue weighted by Crippen LogP contribution is -2.51. The molecule has 1 fully saturated rings. The standard InChI is InChI=1S/C18H24N4O3/c1-2-14(23)11-20-7-9-21(10-8-20)17(24)12-22-13-19-16-6-4-3-5-15(16)18(22)25/h3-6,13-14,23H,2,7-12H2,1H3/t14-/m1/s1. The highest BCUT2D eigenvalue weighted by molar-refractivity contribution is 5.79. The average Bonchev–Trinajstić information content (AvgIpc) is 2.64. The van der Waals surface area contributed by atoms with Crippen molar-refractivity contribution in [3.05, 3.63) is 40.9 Å². The van der Waals surface area contributed by atoms with Crippen LogP contribution in [0.3, 0.4) is 0 Å². The lowest BCUT2D eigenvalue weighted by atomic mass is 10.2. The van der Waals surface area contributed by atoms with Crippen LogP contribution in [0.4, 0.5) is 0 Å². The number of β-amino-alcohol motifs (C(OH)–C–C–N with tert-alkyl or cyclic N) is 1. The molecule has 1 aromatic carbocycles. The average molecular weight is 344 g/mol. The van der Waals surface area contributed by atoms with Crippen LogP contribution in [0.1, 0.15) is 13.3 Å². The van der Waals surface area contributed by atoms with Gasteiger partial charge in [-0.1, -0.05) is 19.1 Å². The summed E-state index contributed by atoms with van der Waals surface area (Å²) >= 11 is 0. The predicted octanol–water partition coefficient (Wildman–Crippen LogP) is 0.312. The summed E-state index contributed by atoms with van der Waals surface area (Å²) in [5.41, 5.74) is 0.447. The molecule has 1 amide bonds. The summed E-state index contributed by atoms with van der Waals surface area (Å²) in [4.78, 5) is 33.2. The van der Waals surface area contributed by atoms with Crippen molar-refractivity contribution in [2.75, 3.05) is 32.7 Å². The van der Waals surface area contributed by atoms with Crippen molar-refractivity contribution >= 4 is 16.8 Å². The van der Waals surface area contributed by atoms with Gasteiger partial charge in [0.1, 0.15) is 6.54 Å². The molecule has 0 aliphatic carbocycles. The van der Waals surface area contributed by atoms with Crippen LogP contribution >= 0.6 is 0 Å². The SMILES string of the molecule is CC[C@@H](O)CN1CCN(C(=O)Cn2cnc3ccccc3c2=O)CC1. The third-order valence-electron chi connectivity index (χ3n) is 4.70. The largest absolute Gasteiger partial charge is 0.392 e. The maximum atomic E-state index is 12.5. The number of carbonyl (C=O) groups excluding carboxylic acids is 1. The molecule has 134 valence electrons. The van der Waals surface area contributed by atoms with Crippen molar-refractivity contribution < 1.29 is 9.90 Å². The number of piperazine rings is 1. The summed E-state index contributed by atoms with van der Waals surface area (Å²) in [6, 6.07) is 7.14. The minimum Gasteiger partial charge on any atom is -0.392 e. The Hall–Kier alpha value is -2.25. The van der Waals surface area contributed by atoms with Gasteiger partial charge in [0, 0.05) is 32.7 Å². The molecule has 2 aromatic rings. The third kappa shape index (κ3) is 4.05. The lowest BCUT2D eigenvalue weighted by Gasteiger charge is -2.35.